The van der Waals surface area contributed by atoms with Gasteiger partial charge in [0.2, 0.25) is 0 Å². The first-order chi connectivity index (χ1) is 14.5. The predicted molar refractivity (Wildman–Crippen MR) is 121 cm³/mol. The molecule has 0 aliphatic heterocycles. The van der Waals surface area contributed by atoms with E-state index in [1.54, 1.807) is 18.9 Å². The van der Waals surface area contributed by atoms with E-state index in [1.807, 2.05) is 37.4 Å². The number of aryl methyl sites for hydroxylation is 1. The molecule has 30 heavy (non-hydrogen) atoms. The van der Waals surface area contributed by atoms with Crippen molar-refractivity contribution < 1.29 is 14.6 Å². The van der Waals surface area contributed by atoms with Gasteiger partial charge < -0.3 is 19.0 Å². The number of halogens is 1. The van der Waals surface area contributed by atoms with Crippen LogP contribution in [0.25, 0.3) is 21.9 Å². The lowest BCUT2D eigenvalue weighted by atomic mass is 10.1. The summed E-state index contributed by atoms with van der Waals surface area (Å²) in [5.41, 5.74) is 4.04. The van der Waals surface area contributed by atoms with Crippen molar-refractivity contribution in [2.24, 2.45) is 7.05 Å². The lowest BCUT2D eigenvalue weighted by molar-refractivity contribution is -0.137. The van der Waals surface area contributed by atoms with Crippen molar-refractivity contribution in [2.45, 2.75) is 24.5 Å². The van der Waals surface area contributed by atoms with Gasteiger partial charge in [-0.05, 0) is 36.2 Å². The molecule has 0 spiro atoms. The van der Waals surface area contributed by atoms with E-state index in [0.717, 1.165) is 43.4 Å². The van der Waals surface area contributed by atoms with Crippen LogP contribution in [0, 0.1) is 0 Å². The summed E-state index contributed by atoms with van der Waals surface area (Å²) in [6, 6.07) is 11.8. The SMILES string of the molecule is COc1ccc2c(c1)nc(SCCCC(=O)O)n2Cc1cn(C)c2cccc(Cl)c12. The Morgan fingerprint density at radius 1 is 1.27 bits per heavy atom. The van der Waals surface area contributed by atoms with Gasteiger partial charge in [0, 0.05) is 42.4 Å². The van der Waals surface area contributed by atoms with Crippen LogP contribution in [-0.4, -0.2) is 38.1 Å². The van der Waals surface area contributed by atoms with E-state index in [2.05, 4.69) is 21.4 Å². The number of aliphatic carboxylic acids is 1. The first-order valence-electron chi connectivity index (χ1n) is 9.59. The van der Waals surface area contributed by atoms with Crippen LogP contribution in [-0.2, 0) is 18.4 Å². The fourth-order valence-electron chi connectivity index (χ4n) is 3.65. The molecule has 0 amide bonds. The van der Waals surface area contributed by atoms with Crippen LogP contribution in [0.5, 0.6) is 5.75 Å². The molecule has 8 heteroatoms. The second-order valence-electron chi connectivity index (χ2n) is 7.08. The number of ether oxygens (including phenoxy) is 1. The number of carbonyl (C=O) groups is 1. The number of hydrogen-bond acceptors (Lipinski definition) is 4. The molecule has 156 valence electrons. The maximum atomic E-state index is 10.8. The number of carboxylic acids is 1. The van der Waals surface area contributed by atoms with E-state index in [1.165, 1.54) is 0 Å². The van der Waals surface area contributed by atoms with E-state index in [4.69, 9.17) is 26.4 Å². The highest BCUT2D eigenvalue weighted by atomic mass is 35.5. The minimum Gasteiger partial charge on any atom is -0.497 e. The number of thioether (sulfide) groups is 1. The number of benzene rings is 2. The molecule has 4 rings (SSSR count). The normalized spacial score (nSPS) is 11.4. The number of fused-ring (bicyclic) bond motifs is 2. The molecule has 0 bridgehead atoms. The van der Waals surface area contributed by atoms with Crippen molar-refractivity contribution in [1.82, 2.24) is 14.1 Å². The molecule has 2 aromatic carbocycles. The summed E-state index contributed by atoms with van der Waals surface area (Å²) in [5.74, 6) is 0.658. The molecular formula is C22H22ClN3O3S. The minimum atomic E-state index is -0.778. The van der Waals surface area contributed by atoms with E-state index in [9.17, 15) is 4.79 Å². The van der Waals surface area contributed by atoms with Crippen molar-refractivity contribution in [3.8, 4) is 5.75 Å². The fraction of sp³-hybridized carbons (Fsp3) is 0.273. The Bertz CT molecular complexity index is 1230. The van der Waals surface area contributed by atoms with Gasteiger partial charge in [0.05, 0.1) is 29.7 Å². The molecule has 0 unspecified atom stereocenters. The highest BCUT2D eigenvalue weighted by molar-refractivity contribution is 7.99. The van der Waals surface area contributed by atoms with Crippen LogP contribution in [0.2, 0.25) is 5.02 Å². The second-order valence-corrected chi connectivity index (χ2v) is 8.55. The van der Waals surface area contributed by atoms with Crippen molar-refractivity contribution in [3.63, 3.8) is 0 Å². The third-order valence-corrected chi connectivity index (χ3v) is 6.43. The standard InChI is InChI=1S/C22H22ClN3O3S/c1-25-12-14(21-16(23)5-3-6-19(21)25)13-26-18-9-8-15(29-2)11-17(18)24-22(26)30-10-4-7-20(27)28/h3,5-6,8-9,11-12H,4,7,10,13H2,1-2H3,(H,27,28). The van der Waals surface area contributed by atoms with E-state index in [0.29, 0.717) is 18.7 Å². The molecule has 4 aromatic rings. The molecule has 6 nitrogen and oxygen atoms in total. The second kappa shape index (κ2) is 8.62. The number of nitrogens with zero attached hydrogens (tertiary/aromatic N) is 3. The summed E-state index contributed by atoms with van der Waals surface area (Å²) in [6.45, 7) is 0.616. The summed E-state index contributed by atoms with van der Waals surface area (Å²) < 4.78 is 9.60. The molecule has 0 saturated heterocycles. The van der Waals surface area contributed by atoms with E-state index in [-0.39, 0.29) is 6.42 Å². The quantitative estimate of drug-likeness (QED) is 0.299. The van der Waals surface area contributed by atoms with Crippen molar-refractivity contribution in [2.75, 3.05) is 12.9 Å². The van der Waals surface area contributed by atoms with Gasteiger partial charge in [-0.25, -0.2) is 4.98 Å². The number of aromatic nitrogens is 3. The van der Waals surface area contributed by atoms with Gasteiger partial charge in [0.15, 0.2) is 5.16 Å². The highest BCUT2D eigenvalue weighted by Crippen LogP contribution is 2.32. The van der Waals surface area contributed by atoms with Crippen molar-refractivity contribution >= 4 is 51.3 Å². The maximum absolute atomic E-state index is 10.8. The highest BCUT2D eigenvalue weighted by Gasteiger charge is 2.16. The fourth-order valence-corrected chi connectivity index (χ4v) is 4.89. The van der Waals surface area contributed by atoms with Crippen molar-refractivity contribution in [3.05, 3.63) is 53.2 Å². The van der Waals surface area contributed by atoms with Gasteiger partial charge >= 0.3 is 5.97 Å². The topological polar surface area (TPSA) is 69.3 Å². The molecule has 0 aliphatic rings. The first-order valence-corrected chi connectivity index (χ1v) is 11.0. The smallest absolute Gasteiger partial charge is 0.303 e. The third kappa shape index (κ3) is 4.00. The van der Waals surface area contributed by atoms with Crippen LogP contribution >= 0.6 is 23.4 Å². The molecule has 1 N–H and O–H groups in total. The molecule has 0 radical (unpaired) electrons. The molecule has 2 aromatic heterocycles. The molecule has 0 saturated carbocycles. The number of methoxy groups -OCH3 is 1. The maximum Gasteiger partial charge on any atom is 0.303 e. The Hall–Kier alpha value is -2.64. The lowest BCUT2D eigenvalue weighted by Gasteiger charge is -2.09. The van der Waals surface area contributed by atoms with E-state index < -0.39 is 5.97 Å². The van der Waals surface area contributed by atoms with Crippen molar-refractivity contribution in [1.29, 1.82) is 0 Å². The largest absolute Gasteiger partial charge is 0.497 e. The van der Waals surface area contributed by atoms with Gasteiger partial charge in [-0.1, -0.05) is 29.4 Å². The predicted octanol–water partition coefficient (Wildman–Crippen LogP) is 5.20. The number of imidazole rings is 1. The van der Waals surface area contributed by atoms with Gasteiger partial charge in [-0.15, -0.1) is 0 Å². The average molecular weight is 444 g/mol. The monoisotopic (exact) mass is 443 g/mol. The van der Waals surface area contributed by atoms with Gasteiger partial charge in [0.1, 0.15) is 5.75 Å². The minimum absolute atomic E-state index is 0.153. The molecule has 2 heterocycles. The molecule has 0 fully saturated rings. The number of rotatable bonds is 8. The molecule has 0 aliphatic carbocycles. The van der Waals surface area contributed by atoms with Crippen LogP contribution in [0.4, 0.5) is 0 Å². The number of carboxylic acid groups (broad SMARTS) is 1. The summed E-state index contributed by atoms with van der Waals surface area (Å²) in [4.78, 5) is 15.6. The zero-order chi connectivity index (χ0) is 21.3. The van der Waals surface area contributed by atoms with Gasteiger partial charge in [-0.2, -0.15) is 0 Å². The van der Waals surface area contributed by atoms with Crippen LogP contribution < -0.4 is 4.74 Å². The summed E-state index contributed by atoms with van der Waals surface area (Å²) in [5, 5.41) is 11.5. The van der Waals surface area contributed by atoms with Gasteiger partial charge in [-0.3, -0.25) is 4.79 Å². The Morgan fingerprint density at radius 3 is 2.87 bits per heavy atom. The molecular weight excluding hydrogens is 422 g/mol. The summed E-state index contributed by atoms with van der Waals surface area (Å²) >= 11 is 8.10. The van der Waals surface area contributed by atoms with Crippen LogP contribution in [0.1, 0.15) is 18.4 Å². The Labute approximate surface area is 183 Å². The molecule has 0 atom stereocenters. The number of hydrogen-bond donors (Lipinski definition) is 1. The van der Waals surface area contributed by atoms with Crippen LogP contribution in [0.3, 0.4) is 0 Å². The first kappa shape index (κ1) is 20.6. The third-order valence-electron chi connectivity index (χ3n) is 5.06. The van der Waals surface area contributed by atoms with E-state index >= 15 is 0 Å². The average Bonchev–Trinajstić information content (AvgIpc) is 3.23. The zero-order valence-corrected chi connectivity index (χ0v) is 18.3. The summed E-state index contributed by atoms with van der Waals surface area (Å²) in [7, 11) is 3.65. The summed E-state index contributed by atoms with van der Waals surface area (Å²) in [6.07, 6.45) is 2.84. The Morgan fingerprint density at radius 2 is 2.10 bits per heavy atom. The Kier molecular flexibility index (Phi) is 5.92. The van der Waals surface area contributed by atoms with Gasteiger partial charge in [0.25, 0.3) is 0 Å². The Balaban J connectivity index is 1.75. The van der Waals surface area contributed by atoms with Crippen LogP contribution in [0.15, 0.2) is 47.8 Å². The lowest BCUT2D eigenvalue weighted by Crippen LogP contribution is -2.02. The zero-order valence-electron chi connectivity index (χ0n) is 16.8.